The van der Waals surface area contributed by atoms with Gasteiger partial charge >= 0.3 is 152 Å². The van der Waals surface area contributed by atoms with Gasteiger partial charge in [-0.15, -0.1) is 0 Å². The molecule has 0 aliphatic carbocycles. The average Bonchev–Trinajstić information content (AvgIpc) is 2.77. The van der Waals surface area contributed by atoms with E-state index in [0.717, 1.165) is 25.9 Å². The molecular weight excluding hydrogens is 415 g/mol. The first-order valence-electron chi connectivity index (χ1n) is 10.4. The van der Waals surface area contributed by atoms with Crippen molar-refractivity contribution in [2.45, 2.75) is 30.9 Å². The Morgan fingerprint density at radius 1 is 0.724 bits per heavy atom. The first-order valence-corrected chi connectivity index (χ1v) is 12.6. The summed E-state index contributed by atoms with van der Waals surface area (Å²) in [5.41, 5.74) is 5.60. The van der Waals surface area contributed by atoms with E-state index in [9.17, 15) is 0 Å². The van der Waals surface area contributed by atoms with Crippen molar-refractivity contribution in [3.8, 4) is 0 Å². The summed E-state index contributed by atoms with van der Waals surface area (Å²) in [7, 11) is 1.78. The molecule has 1 nitrogen and oxygen atoms in total. The third kappa shape index (κ3) is 7.69. The van der Waals surface area contributed by atoms with Crippen molar-refractivity contribution in [3.63, 3.8) is 0 Å². The van der Waals surface area contributed by atoms with Crippen molar-refractivity contribution < 1.29 is 4.74 Å². The van der Waals surface area contributed by atoms with Gasteiger partial charge in [-0.05, 0) is 0 Å². The molecule has 0 bridgehead atoms. The summed E-state index contributed by atoms with van der Waals surface area (Å²) in [6.07, 6.45) is 8.79. The van der Waals surface area contributed by atoms with Gasteiger partial charge in [-0.1, -0.05) is 30.3 Å². The second-order valence-corrected chi connectivity index (χ2v) is 9.89. The van der Waals surface area contributed by atoms with Gasteiger partial charge in [-0.2, -0.15) is 0 Å². The second kappa shape index (κ2) is 12.5. The number of hydrogen-bond donors (Lipinski definition) is 0. The summed E-state index contributed by atoms with van der Waals surface area (Å²) in [5, 5.41) is 1.28. The first kappa shape index (κ1) is 21.6. The molecule has 0 aliphatic heterocycles. The zero-order valence-corrected chi connectivity index (χ0v) is 19.1. The van der Waals surface area contributed by atoms with Gasteiger partial charge in [0.15, 0.2) is 0 Å². The molecule has 3 aromatic carbocycles. The van der Waals surface area contributed by atoms with Gasteiger partial charge in [0, 0.05) is 0 Å². The van der Waals surface area contributed by atoms with Gasteiger partial charge in [0.05, 0.1) is 0 Å². The second-order valence-electron chi connectivity index (χ2n) is 7.21. The Balaban J connectivity index is 1.49. The Labute approximate surface area is 182 Å². The number of benzene rings is 3. The molecule has 3 aromatic rings. The van der Waals surface area contributed by atoms with E-state index in [0.29, 0.717) is 0 Å². The molecule has 0 aromatic heterocycles. The monoisotopic (exact) mass is 445 g/mol. The van der Waals surface area contributed by atoms with E-state index < -0.39 is 0 Å². The van der Waals surface area contributed by atoms with Crippen LogP contribution in [-0.4, -0.2) is 29.5 Å². The minimum atomic E-state index is 0.279. The Hall–Kier alpha value is -2.08. The van der Waals surface area contributed by atoms with Crippen LogP contribution in [0.1, 0.15) is 28.7 Å². The van der Waals surface area contributed by atoms with E-state index >= 15 is 0 Å². The third-order valence-corrected chi connectivity index (χ3v) is 7.48. The van der Waals surface area contributed by atoms with Gasteiger partial charge in [-0.3, -0.25) is 0 Å². The molecule has 0 amide bonds. The van der Waals surface area contributed by atoms with Crippen LogP contribution in [0.2, 0.25) is 5.21 Å². The molecule has 149 valence electrons. The van der Waals surface area contributed by atoms with Crippen LogP contribution in [0.3, 0.4) is 0 Å². The van der Waals surface area contributed by atoms with E-state index in [1.165, 1.54) is 38.2 Å². The van der Waals surface area contributed by atoms with Crippen LogP contribution >= 0.6 is 0 Å². The van der Waals surface area contributed by atoms with Crippen molar-refractivity contribution in [1.29, 1.82) is 0 Å². The Bertz CT molecular complexity index is 869. The van der Waals surface area contributed by atoms with Gasteiger partial charge in [0.1, 0.15) is 0 Å². The molecule has 1 radical (unpaired) electrons. The fourth-order valence-electron chi connectivity index (χ4n) is 3.33. The molecule has 0 heterocycles. The number of ether oxygens (including phenoxy) is 1. The summed E-state index contributed by atoms with van der Waals surface area (Å²) >= 11 is 0.279. The molecule has 29 heavy (non-hydrogen) atoms. The molecule has 0 spiro atoms. The van der Waals surface area contributed by atoms with Crippen molar-refractivity contribution in [2.75, 3.05) is 13.7 Å². The van der Waals surface area contributed by atoms with Gasteiger partial charge in [0.25, 0.3) is 0 Å². The fourth-order valence-corrected chi connectivity index (χ4v) is 5.23. The zero-order valence-electron chi connectivity index (χ0n) is 17.3. The third-order valence-electron chi connectivity index (χ3n) is 4.95. The average molecular weight is 445 g/mol. The minimum absolute atomic E-state index is 0.279. The normalized spacial score (nSPS) is 11.6. The van der Waals surface area contributed by atoms with Crippen LogP contribution < -0.4 is 4.35 Å². The van der Waals surface area contributed by atoms with Crippen molar-refractivity contribution in [3.05, 3.63) is 113 Å². The van der Waals surface area contributed by atoms with E-state index in [1.807, 2.05) is 0 Å². The van der Waals surface area contributed by atoms with E-state index in [1.54, 1.807) is 7.11 Å². The van der Waals surface area contributed by atoms with E-state index in [-0.39, 0.29) is 15.8 Å². The zero-order chi connectivity index (χ0) is 20.2. The molecule has 0 unspecified atom stereocenters. The molecule has 3 rings (SSSR count). The molecule has 0 atom stereocenters. The van der Waals surface area contributed by atoms with Crippen LogP contribution in [0.15, 0.2) is 91.0 Å². The first-order chi connectivity index (χ1) is 14.3. The quantitative estimate of drug-likeness (QED) is 0.218. The van der Waals surface area contributed by atoms with Crippen LogP contribution in [-0.2, 0) is 24.0 Å². The predicted molar refractivity (Wildman–Crippen MR) is 125 cm³/mol. The van der Waals surface area contributed by atoms with Gasteiger partial charge < -0.3 is 0 Å². The fraction of sp³-hybridized carbons (Fsp3) is 0.259. The summed E-state index contributed by atoms with van der Waals surface area (Å²) in [4.78, 5) is 0. The number of methoxy groups -OCH3 is 1. The number of allylic oxidation sites excluding steroid dienone is 2. The van der Waals surface area contributed by atoms with Gasteiger partial charge in [-0.25, -0.2) is 0 Å². The molecule has 0 fully saturated rings. The van der Waals surface area contributed by atoms with Crippen LogP contribution in [0.4, 0.5) is 0 Å². The molecule has 2 heteroatoms. The summed E-state index contributed by atoms with van der Waals surface area (Å²) in [6.45, 7) is 0.882. The summed E-state index contributed by atoms with van der Waals surface area (Å²) < 4.78 is 6.64. The molecule has 0 saturated heterocycles. The number of hydrogen-bond acceptors (Lipinski definition) is 1. The Morgan fingerprint density at radius 2 is 1.41 bits per heavy atom. The predicted octanol–water partition coefficient (Wildman–Crippen LogP) is 5.40. The van der Waals surface area contributed by atoms with Crippen molar-refractivity contribution in [2.24, 2.45) is 0 Å². The van der Waals surface area contributed by atoms with Crippen LogP contribution in [0.25, 0.3) is 0 Å². The van der Waals surface area contributed by atoms with E-state index in [2.05, 4.69) is 91.0 Å². The molecule has 0 N–H and O–H groups in total. The topological polar surface area (TPSA) is 9.23 Å². The standard InChI is InChI=1S/C27H30AsO/c1-29-21-9-20-28-27-18-16-23(17-19-27)10-5-6-13-25-14-7-8-15-26(25)22-24-11-3-2-4-12-24/h2-8,11-12,14-19H,9-10,13,20-22H2,1H3. The molecular formula is C27H30AsO. The van der Waals surface area contributed by atoms with Crippen molar-refractivity contribution >= 4 is 20.1 Å². The van der Waals surface area contributed by atoms with Crippen LogP contribution in [0.5, 0.6) is 0 Å². The molecule has 0 saturated carbocycles. The summed E-state index contributed by atoms with van der Waals surface area (Å²) in [6, 6.07) is 28.7. The maximum absolute atomic E-state index is 5.13. The van der Waals surface area contributed by atoms with E-state index in [4.69, 9.17) is 4.74 Å². The summed E-state index contributed by atoms with van der Waals surface area (Å²) in [5.74, 6) is 0. The van der Waals surface area contributed by atoms with Crippen molar-refractivity contribution in [1.82, 2.24) is 0 Å². The Morgan fingerprint density at radius 3 is 2.17 bits per heavy atom. The SMILES string of the molecule is COCCC[As]c1ccc(CC=CCc2ccccc2Cc2ccccc2)cc1. The van der Waals surface area contributed by atoms with Gasteiger partial charge in [0.2, 0.25) is 0 Å². The maximum atomic E-state index is 5.13. The molecule has 0 aliphatic rings. The number of rotatable bonds is 11. The van der Waals surface area contributed by atoms with Crippen LogP contribution in [0, 0.1) is 0 Å². The Kier molecular flexibility index (Phi) is 9.30.